The second-order valence-corrected chi connectivity index (χ2v) is 9.51. The molecule has 0 saturated carbocycles. The van der Waals surface area contributed by atoms with Crippen molar-refractivity contribution in [1.82, 2.24) is 10.2 Å². The number of nitrogens with one attached hydrogen (secondary N) is 1. The molecular weight excluding hydrogens is 364 g/mol. The Morgan fingerprint density at radius 1 is 1.19 bits per heavy atom. The lowest BCUT2D eigenvalue weighted by Gasteiger charge is -2.32. The van der Waals surface area contributed by atoms with E-state index in [0.29, 0.717) is 11.8 Å². The number of nitrogens with zero attached hydrogens (tertiary/aromatic N) is 1. The molecule has 1 aliphatic carbocycles. The van der Waals surface area contributed by atoms with Gasteiger partial charge in [-0.05, 0) is 46.4 Å². The molecule has 0 unspecified atom stereocenters. The Morgan fingerprint density at radius 2 is 1.88 bits per heavy atom. The Labute approximate surface area is 165 Å². The van der Waals surface area contributed by atoms with Gasteiger partial charge in [-0.25, -0.2) is 0 Å². The van der Waals surface area contributed by atoms with E-state index in [0.717, 1.165) is 37.5 Å². The molecule has 2 aliphatic heterocycles. The average Bonchev–Trinajstić information content (AvgIpc) is 3.27. The molecule has 1 aromatic heterocycles. The molecule has 0 radical (unpaired) electrons. The van der Waals surface area contributed by atoms with Gasteiger partial charge >= 0.3 is 0 Å². The maximum absolute atomic E-state index is 13.1. The zero-order valence-corrected chi connectivity index (χ0v) is 16.9. The quantitative estimate of drug-likeness (QED) is 0.801. The lowest BCUT2D eigenvalue weighted by atomic mass is 9.73. The number of amides is 1. The number of carbonyl (C=O) groups is 1. The van der Waals surface area contributed by atoms with E-state index in [4.69, 9.17) is 0 Å². The van der Waals surface area contributed by atoms with E-state index in [9.17, 15) is 4.79 Å². The maximum atomic E-state index is 13.1. The largest absolute Gasteiger partial charge is 0.337 e. The number of hydrogen-bond acceptors (Lipinski definition) is 3. The Kier molecular flexibility index (Phi) is 4.41. The van der Waals surface area contributed by atoms with Crippen LogP contribution in [0.3, 0.4) is 0 Å². The lowest BCUT2D eigenvalue weighted by Crippen LogP contribution is -2.31. The van der Waals surface area contributed by atoms with Crippen molar-refractivity contribution in [3.05, 3.63) is 46.3 Å². The molecule has 3 nitrogen and oxygen atoms in total. The van der Waals surface area contributed by atoms with Crippen molar-refractivity contribution in [3.63, 3.8) is 0 Å². The average molecular weight is 389 g/mol. The van der Waals surface area contributed by atoms with Gasteiger partial charge in [0.15, 0.2) is 0 Å². The molecule has 1 N–H and O–H groups in total. The summed E-state index contributed by atoms with van der Waals surface area (Å²) in [5.74, 6) is 1.54. The minimum Gasteiger partial charge on any atom is -0.337 e. The van der Waals surface area contributed by atoms with Crippen molar-refractivity contribution in [2.45, 2.75) is 25.7 Å². The first kappa shape index (κ1) is 18.0. The molecule has 3 aliphatic rings. The number of hydrogen-bond donors (Lipinski definition) is 1. The van der Waals surface area contributed by atoms with Crippen molar-refractivity contribution in [2.75, 3.05) is 26.2 Å². The summed E-state index contributed by atoms with van der Waals surface area (Å²) in [4.78, 5) is 17.4. The van der Waals surface area contributed by atoms with Crippen LogP contribution in [0.2, 0.25) is 0 Å². The Morgan fingerprint density at radius 3 is 2.62 bits per heavy atom. The number of fused-ring (bicyclic) bond motifs is 4. The maximum Gasteiger partial charge on any atom is 0.263 e. The standard InChI is InChI=1S/C21H24N2OS.ClH/c1-21(2)8-13-7-18(25-19(13)16-5-3-4-6-17(16)21)20(24)23-11-14-9-22-10-15(14)12-23;/h3-7,14-15,22H,8-12H2,1-2H3;1H/t14-,15+;. The third kappa shape index (κ3) is 2.70. The van der Waals surface area contributed by atoms with Gasteiger partial charge in [-0.1, -0.05) is 38.1 Å². The summed E-state index contributed by atoms with van der Waals surface area (Å²) in [6, 6.07) is 10.9. The van der Waals surface area contributed by atoms with Gasteiger partial charge in [0.25, 0.3) is 5.91 Å². The van der Waals surface area contributed by atoms with Gasteiger partial charge in [-0.2, -0.15) is 0 Å². The second kappa shape index (κ2) is 6.36. The van der Waals surface area contributed by atoms with Gasteiger partial charge in [-0.15, -0.1) is 23.7 Å². The molecule has 3 heterocycles. The summed E-state index contributed by atoms with van der Waals surface area (Å²) in [5, 5.41) is 3.45. The minimum absolute atomic E-state index is 0. The fraction of sp³-hybridized carbons (Fsp3) is 0.476. The predicted octanol–water partition coefficient (Wildman–Crippen LogP) is 3.96. The summed E-state index contributed by atoms with van der Waals surface area (Å²) >= 11 is 1.69. The number of rotatable bonds is 1. The van der Waals surface area contributed by atoms with E-state index in [-0.39, 0.29) is 23.7 Å². The summed E-state index contributed by atoms with van der Waals surface area (Å²) < 4.78 is 0. The van der Waals surface area contributed by atoms with Crippen molar-refractivity contribution < 1.29 is 4.79 Å². The van der Waals surface area contributed by atoms with Crippen LogP contribution in [-0.4, -0.2) is 37.0 Å². The fourth-order valence-electron chi connectivity index (χ4n) is 4.91. The van der Waals surface area contributed by atoms with Gasteiger partial charge in [0, 0.05) is 31.1 Å². The smallest absolute Gasteiger partial charge is 0.263 e. The van der Waals surface area contributed by atoms with Gasteiger partial charge in [0.05, 0.1) is 4.88 Å². The van der Waals surface area contributed by atoms with E-state index in [1.807, 2.05) is 0 Å². The van der Waals surface area contributed by atoms with Crippen LogP contribution in [0.25, 0.3) is 10.4 Å². The monoisotopic (exact) mass is 388 g/mol. The van der Waals surface area contributed by atoms with Crippen molar-refractivity contribution in [2.24, 2.45) is 11.8 Å². The van der Waals surface area contributed by atoms with E-state index >= 15 is 0 Å². The Hall–Kier alpha value is -1.36. The summed E-state index contributed by atoms with van der Waals surface area (Å²) in [6.45, 7) is 8.58. The van der Waals surface area contributed by atoms with E-state index < -0.39 is 0 Å². The van der Waals surface area contributed by atoms with Crippen LogP contribution in [0, 0.1) is 11.8 Å². The van der Waals surface area contributed by atoms with Crippen LogP contribution in [0.15, 0.2) is 30.3 Å². The Balaban J connectivity index is 0.00000168. The highest BCUT2D eigenvalue weighted by atomic mass is 35.5. The molecule has 2 atom stereocenters. The molecule has 26 heavy (non-hydrogen) atoms. The van der Waals surface area contributed by atoms with Crippen LogP contribution in [0.5, 0.6) is 0 Å². The predicted molar refractivity (Wildman–Crippen MR) is 109 cm³/mol. The van der Waals surface area contributed by atoms with Crippen molar-refractivity contribution in [3.8, 4) is 10.4 Å². The van der Waals surface area contributed by atoms with E-state index in [1.54, 1.807) is 11.3 Å². The molecule has 1 amide bonds. The van der Waals surface area contributed by atoms with E-state index in [2.05, 4.69) is 54.4 Å². The van der Waals surface area contributed by atoms with Gasteiger partial charge in [0.2, 0.25) is 0 Å². The molecule has 2 saturated heterocycles. The number of halogens is 1. The molecular formula is C21H25ClN2OS. The van der Waals surface area contributed by atoms with Crippen LogP contribution in [0.4, 0.5) is 0 Å². The molecule has 0 spiro atoms. The summed E-state index contributed by atoms with van der Waals surface area (Å²) in [7, 11) is 0. The van der Waals surface area contributed by atoms with Crippen LogP contribution >= 0.6 is 23.7 Å². The Bertz CT molecular complexity index is 847. The molecule has 1 aromatic carbocycles. The first-order valence-corrected chi connectivity index (χ1v) is 10.1. The van der Waals surface area contributed by atoms with Crippen molar-refractivity contribution in [1.29, 1.82) is 0 Å². The molecule has 2 fully saturated rings. The molecule has 5 rings (SSSR count). The minimum atomic E-state index is 0. The van der Waals surface area contributed by atoms with Crippen LogP contribution in [0.1, 0.15) is 34.6 Å². The highest BCUT2D eigenvalue weighted by molar-refractivity contribution is 7.17. The number of benzene rings is 1. The number of thiophene rings is 1. The topological polar surface area (TPSA) is 32.3 Å². The lowest BCUT2D eigenvalue weighted by molar-refractivity contribution is 0.0786. The van der Waals surface area contributed by atoms with Gasteiger partial charge < -0.3 is 10.2 Å². The second-order valence-electron chi connectivity index (χ2n) is 8.46. The first-order valence-electron chi connectivity index (χ1n) is 9.25. The van der Waals surface area contributed by atoms with E-state index in [1.165, 1.54) is 21.6 Å². The summed E-state index contributed by atoms with van der Waals surface area (Å²) in [5.41, 5.74) is 4.20. The van der Waals surface area contributed by atoms with Crippen molar-refractivity contribution >= 4 is 29.7 Å². The third-order valence-electron chi connectivity index (χ3n) is 6.23. The highest BCUT2D eigenvalue weighted by Crippen LogP contribution is 2.46. The molecule has 5 heteroatoms. The zero-order valence-electron chi connectivity index (χ0n) is 15.2. The number of carbonyl (C=O) groups excluding carboxylic acids is 1. The fourth-order valence-corrected chi connectivity index (χ4v) is 6.10. The van der Waals surface area contributed by atoms with Crippen LogP contribution < -0.4 is 5.32 Å². The normalized spacial score (nSPS) is 25.2. The third-order valence-corrected chi connectivity index (χ3v) is 7.43. The molecule has 2 aromatic rings. The summed E-state index contributed by atoms with van der Waals surface area (Å²) in [6.07, 6.45) is 1.01. The highest BCUT2D eigenvalue weighted by Gasteiger charge is 2.39. The zero-order chi connectivity index (χ0) is 17.2. The first-order chi connectivity index (χ1) is 12.0. The SMILES string of the molecule is CC1(C)Cc2cc(C(=O)N3C[C@H]4CNC[C@H]4C3)sc2-c2ccccc21.Cl. The van der Waals surface area contributed by atoms with Gasteiger partial charge in [0.1, 0.15) is 0 Å². The number of likely N-dealkylation sites (tertiary alicyclic amines) is 1. The molecule has 0 bridgehead atoms. The van der Waals surface area contributed by atoms with Gasteiger partial charge in [-0.3, -0.25) is 4.79 Å². The van der Waals surface area contributed by atoms with Crippen LogP contribution in [-0.2, 0) is 11.8 Å². The molecule has 138 valence electrons.